The van der Waals surface area contributed by atoms with E-state index >= 15 is 0 Å². The molecule has 1 saturated heterocycles. The maximum Gasteiger partial charge on any atom is 0.223 e. The van der Waals surface area contributed by atoms with Gasteiger partial charge in [0.1, 0.15) is 11.6 Å². The van der Waals surface area contributed by atoms with E-state index in [-0.39, 0.29) is 0 Å². The van der Waals surface area contributed by atoms with Gasteiger partial charge in [-0.15, -0.1) is 0 Å². The maximum atomic E-state index is 6.22. The van der Waals surface area contributed by atoms with E-state index in [4.69, 9.17) is 11.5 Å². The molecule has 1 saturated carbocycles. The van der Waals surface area contributed by atoms with Gasteiger partial charge >= 0.3 is 0 Å². The summed E-state index contributed by atoms with van der Waals surface area (Å²) in [6.07, 6.45) is 6.26. The molecule has 0 spiro atoms. The first-order chi connectivity index (χ1) is 10.1. The molecule has 1 aromatic heterocycles. The van der Waals surface area contributed by atoms with Crippen molar-refractivity contribution in [2.45, 2.75) is 38.0 Å². The van der Waals surface area contributed by atoms with Crippen LogP contribution < -0.4 is 16.4 Å². The molecule has 21 heavy (non-hydrogen) atoms. The van der Waals surface area contributed by atoms with Crippen molar-refractivity contribution < 1.29 is 0 Å². The Bertz CT molecular complexity index is 489. The molecule has 0 unspecified atom stereocenters. The van der Waals surface area contributed by atoms with Gasteiger partial charge < -0.3 is 21.3 Å². The van der Waals surface area contributed by atoms with Crippen molar-refractivity contribution in [2.75, 3.05) is 49.6 Å². The van der Waals surface area contributed by atoms with Crippen molar-refractivity contribution in [1.29, 1.82) is 0 Å². The van der Waals surface area contributed by atoms with E-state index in [0.29, 0.717) is 17.7 Å². The summed E-state index contributed by atoms with van der Waals surface area (Å²) in [5.74, 6) is 2.36. The summed E-state index contributed by atoms with van der Waals surface area (Å²) >= 11 is 0. The number of aromatic nitrogens is 2. The second-order valence-corrected chi connectivity index (χ2v) is 6.33. The Hall–Kier alpha value is -1.56. The molecule has 0 radical (unpaired) electrons. The highest BCUT2D eigenvalue weighted by atomic mass is 15.3. The molecule has 6 nitrogen and oxygen atoms in total. The summed E-state index contributed by atoms with van der Waals surface area (Å²) in [5.41, 5.74) is 13.2. The summed E-state index contributed by atoms with van der Waals surface area (Å²) in [6, 6.07) is 0. The van der Waals surface area contributed by atoms with Gasteiger partial charge in [0.15, 0.2) is 0 Å². The molecule has 2 aliphatic rings. The quantitative estimate of drug-likeness (QED) is 0.857. The van der Waals surface area contributed by atoms with Gasteiger partial charge in [-0.3, -0.25) is 0 Å². The van der Waals surface area contributed by atoms with Crippen LogP contribution in [-0.4, -0.2) is 48.1 Å². The number of nitrogen functional groups attached to an aromatic ring is 2. The lowest BCUT2D eigenvalue weighted by Crippen LogP contribution is -2.45. The lowest BCUT2D eigenvalue weighted by Gasteiger charge is -2.36. The van der Waals surface area contributed by atoms with Crippen LogP contribution >= 0.6 is 0 Å². The summed E-state index contributed by atoms with van der Waals surface area (Å²) in [7, 11) is 2.15. The minimum atomic E-state index is 0.293. The Kier molecular flexibility index (Phi) is 4.14. The van der Waals surface area contributed by atoms with Crippen molar-refractivity contribution in [3.8, 4) is 0 Å². The van der Waals surface area contributed by atoms with Crippen LogP contribution in [0.25, 0.3) is 0 Å². The van der Waals surface area contributed by atoms with Gasteiger partial charge in [0.25, 0.3) is 0 Å². The van der Waals surface area contributed by atoms with Gasteiger partial charge in [0, 0.05) is 31.7 Å². The van der Waals surface area contributed by atoms with E-state index < -0.39 is 0 Å². The number of piperazine rings is 1. The highest BCUT2D eigenvalue weighted by Crippen LogP contribution is 2.40. The van der Waals surface area contributed by atoms with Crippen LogP contribution in [0.4, 0.5) is 17.6 Å². The Morgan fingerprint density at radius 1 is 0.952 bits per heavy atom. The Morgan fingerprint density at radius 2 is 1.62 bits per heavy atom. The normalized spacial score (nSPS) is 21.7. The zero-order chi connectivity index (χ0) is 14.8. The zero-order valence-electron chi connectivity index (χ0n) is 12.9. The topological polar surface area (TPSA) is 84.3 Å². The van der Waals surface area contributed by atoms with E-state index in [1.54, 1.807) is 0 Å². The number of hydrogen-bond acceptors (Lipinski definition) is 6. The first kappa shape index (κ1) is 14.4. The largest absolute Gasteiger partial charge is 0.383 e. The lowest BCUT2D eigenvalue weighted by molar-refractivity contribution is 0.311. The van der Waals surface area contributed by atoms with Crippen molar-refractivity contribution in [3.05, 3.63) is 5.56 Å². The second-order valence-electron chi connectivity index (χ2n) is 6.33. The number of rotatable bonds is 2. The van der Waals surface area contributed by atoms with Crippen LogP contribution in [-0.2, 0) is 0 Å². The number of likely N-dealkylation sites (N-methyl/N-ethyl adjacent to an activating group) is 1. The second kappa shape index (κ2) is 6.05. The molecule has 2 heterocycles. The molecule has 1 aromatic rings. The Morgan fingerprint density at radius 3 is 2.29 bits per heavy atom. The fourth-order valence-electron chi connectivity index (χ4n) is 3.53. The maximum absolute atomic E-state index is 6.22. The average Bonchev–Trinajstić information content (AvgIpc) is 2.48. The van der Waals surface area contributed by atoms with Gasteiger partial charge in [0.05, 0.1) is 0 Å². The van der Waals surface area contributed by atoms with E-state index in [0.717, 1.165) is 37.6 Å². The third-order valence-corrected chi connectivity index (χ3v) is 4.79. The highest BCUT2D eigenvalue weighted by molar-refractivity contribution is 5.61. The monoisotopic (exact) mass is 290 g/mol. The fraction of sp³-hybridized carbons (Fsp3) is 0.733. The molecule has 3 rings (SSSR count). The van der Waals surface area contributed by atoms with E-state index in [1.165, 1.54) is 32.1 Å². The molecule has 0 bridgehead atoms. The van der Waals surface area contributed by atoms with Crippen molar-refractivity contribution in [1.82, 2.24) is 14.9 Å². The van der Waals surface area contributed by atoms with Crippen LogP contribution in [0.1, 0.15) is 43.6 Å². The highest BCUT2D eigenvalue weighted by Gasteiger charge is 2.27. The molecule has 2 fully saturated rings. The van der Waals surface area contributed by atoms with Crippen LogP contribution in [0.15, 0.2) is 0 Å². The first-order valence-electron chi connectivity index (χ1n) is 8.01. The standard InChI is InChI=1S/C15H26N6/c1-20-7-9-21(10-8-20)14-12(11-5-3-2-4-6-11)13(16)18-15(17)19-14/h11H,2-10H2,1H3,(H4,16,17,18,19). The molecule has 6 heteroatoms. The van der Waals surface area contributed by atoms with Gasteiger partial charge in [-0.05, 0) is 25.8 Å². The predicted octanol–water partition coefficient (Wildman–Crippen LogP) is 1.44. The van der Waals surface area contributed by atoms with Crippen molar-refractivity contribution in [3.63, 3.8) is 0 Å². The summed E-state index contributed by atoms with van der Waals surface area (Å²) in [5, 5.41) is 0. The third kappa shape index (κ3) is 3.05. The number of nitrogens with two attached hydrogens (primary N) is 2. The molecule has 4 N–H and O–H groups in total. The third-order valence-electron chi connectivity index (χ3n) is 4.79. The smallest absolute Gasteiger partial charge is 0.223 e. The van der Waals surface area contributed by atoms with Gasteiger partial charge in [-0.2, -0.15) is 9.97 Å². The van der Waals surface area contributed by atoms with Gasteiger partial charge in [-0.1, -0.05) is 19.3 Å². The molecule has 0 atom stereocenters. The van der Waals surface area contributed by atoms with Crippen LogP contribution in [0.2, 0.25) is 0 Å². The summed E-state index contributed by atoms with van der Waals surface area (Å²) in [4.78, 5) is 13.4. The summed E-state index contributed by atoms with van der Waals surface area (Å²) in [6.45, 7) is 4.06. The Balaban J connectivity index is 1.93. The summed E-state index contributed by atoms with van der Waals surface area (Å²) < 4.78 is 0. The zero-order valence-corrected chi connectivity index (χ0v) is 12.9. The average molecular weight is 290 g/mol. The first-order valence-corrected chi connectivity index (χ1v) is 8.01. The van der Waals surface area contributed by atoms with E-state index in [2.05, 4.69) is 26.8 Å². The molecule has 0 amide bonds. The van der Waals surface area contributed by atoms with Crippen molar-refractivity contribution >= 4 is 17.6 Å². The molecule has 116 valence electrons. The molecular formula is C15H26N6. The van der Waals surface area contributed by atoms with E-state index in [1.807, 2.05) is 0 Å². The number of anilines is 3. The SMILES string of the molecule is CN1CCN(c2nc(N)nc(N)c2C2CCCCC2)CC1. The van der Waals surface area contributed by atoms with Gasteiger partial charge in [0.2, 0.25) is 5.95 Å². The Labute approximate surface area is 126 Å². The predicted molar refractivity (Wildman–Crippen MR) is 86.4 cm³/mol. The van der Waals surface area contributed by atoms with Crippen LogP contribution in [0.5, 0.6) is 0 Å². The minimum Gasteiger partial charge on any atom is -0.383 e. The molecule has 1 aliphatic heterocycles. The minimum absolute atomic E-state index is 0.293. The van der Waals surface area contributed by atoms with Crippen LogP contribution in [0, 0.1) is 0 Å². The van der Waals surface area contributed by atoms with Crippen molar-refractivity contribution in [2.24, 2.45) is 0 Å². The molecule has 0 aromatic carbocycles. The molecule has 1 aliphatic carbocycles. The number of nitrogens with zero attached hydrogens (tertiary/aromatic N) is 4. The number of hydrogen-bond donors (Lipinski definition) is 2. The van der Waals surface area contributed by atoms with E-state index in [9.17, 15) is 0 Å². The van der Waals surface area contributed by atoms with Crippen LogP contribution in [0.3, 0.4) is 0 Å². The fourth-order valence-corrected chi connectivity index (χ4v) is 3.53. The molecular weight excluding hydrogens is 264 g/mol. The van der Waals surface area contributed by atoms with Gasteiger partial charge in [-0.25, -0.2) is 0 Å². The lowest BCUT2D eigenvalue weighted by atomic mass is 9.84.